The number of nitrogens with two attached hydrogens (primary N) is 1. The highest BCUT2D eigenvalue weighted by Gasteiger charge is 2.11. The summed E-state index contributed by atoms with van der Waals surface area (Å²) in [4.78, 5) is 8.30. The van der Waals surface area contributed by atoms with Gasteiger partial charge >= 0.3 is 0 Å². The van der Waals surface area contributed by atoms with Gasteiger partial charge in [-0.2, -0.15) is 0 Å². The summed E-state index contributed by atoms with van der Waals surface area (Å²) in [6.07, 6.45) is 5.40. The van der Waals surface area contributed by atoms with E-state index < -0.39 is 0 Å². The third-order valence-electron chi connectivity index (χ3n) is 2.79. The van der Waals surface area contributed by atoms with Gasteiger partial charge in [-0.05, 0) is 26.0 Å². The van der Waals surface area contributed by atoms with Crippen molar-refractivity contribution in [3.8, 4) is 11.3 Å². The highest BCUT2D eigenvalue weighted by atomic mass is 16.5. The van der Waals surface area contributed by atoms with Gasteiger partial charge in [0.15, 0.2) is 0 Å². The molecule has 0 saturated carbocycles. The minimum atomic E-state index is 0.236. The molecule has 0 fully saturated rings. The maximum Gasteiger partial charge on any atom is 0.123 e. The summed E-state index contributed by atoms with van der Waals surface area (Å²) >= 11 is 0. The molecule has 96 valence electrons. The quantitative estimate of drug-likeness (QED) is 0.877. The number of hydrogen-bond donors (Lipinski definition) is 1. The van der Waals surface area contributed by atoms with Gasteiger partial charge in [-0.25, -0.2) is 9.97 Å². The lowest BCUT2D eigenvalue weighted by Gasteiger charge is -2.16. The van der Waals surface area contributed by atoms with Crippen LogP contribution in [0.5, 0.6) is 0 Å². The van der Waals surface area contributed by atoms with Gasteiger partial charge < -0.3 is 15.0 Å². The zero-order valence-corrected chi connectivity index (χ0v) is 10.7. The Balaban J connectivity index is 2.24. The summed E-state index contributed by atoms with van der Waals surface area (Å²) in [7, 11) is 0. The normalized spacial score (nSPS) is 12.6. The van der Waals surface area contributed by atoms with Crippen LogP contribution in [0.4, 0.5) is 5.82 Å². The SMILES string of the molecule is CCOCC(C)n1cncc1-c1ccc(N)nc1. The molecule has 0 radical (unpaired) electrons. The summed E-state index contributed by atoms with van der Waals surface area (Å²) in [5.41, 5.74) is 7.62. The fourth-order valence-corrected chi connectivity index (χ4v) is 1.81. The van der Waals surface area contributed by atoms with Gasteiger partial charge in [-0.15, -0.1) is 0 Å². The number of ether oxygens (including phenoxy) is 1. The standard InChI is InChI=1S/C13H18N4O/c1-3-18-8-10(2)17-9-15-7-12(17)11-4-5-13(14)16-6-11/h4-7,9-10H,3,8H2,1-2H3,(H2,14,16). The Labute approximate surface area is 107 Å². The van der Waals surface area contributed by atoms with Gasteiger partial charge in [-0.1, -0.05) is 0 Å². The van der Waals surface area contributed by atoms with Crippen LogP contribution in [0.2, 0.25) is 0 Å². The monoisotopic (exact) mass is 246 g/mol. The number of imidazole rings is 1. The second-order valence-corrected chi connectivity index (χ2v) is 4.17. The van der Waals surface area contributed by atoms with E-state index in [9.17, 15) is 0 Å². The minimum Gasteiger partial charge on any atom is -0.384 e. The van der Waals surface area contributed by atoms with E-state index in [1.54, 1.807) is 12.3 Å². The van der Waals surface area contributed by atoms with Gasteiger partial charge in [0.25, 0.3) is 0 Å². The summed E-state index contributed by atoms with van der Waals surface area (Å²) in [5, 5.41) is 0. The van der Waals surface area contributed by atoms with E-state index in [0.717, 1.165) is 17.9 Å². The predicted octanol–water partition coefficient (Wildman–Crippen LogP) is 2.12. The molecule has 5 heteroatoms. The molecule has 2 N–H and O–H groups in total. The van der Waals surface area contributed by atoms with Gasteiger partial charge in [0.2, 0.25) is 0 Å². The Bertz CT molecular complexity index is 492. The Hall–Kier alpha value is -1.88. The van der Waals surface area contributed by atoms with Crippen LogP contribution in [0.3, 0.4) is 0 Å². The second-order valence-electron chi connectivity index (χ2n) is 4.17. The molecule has 0 amide bonds. The van der Waals surface area contributed by atoms with E-state index in [0.29, 0.717) is 12.4 Å². The van der Waals surface area contributed by atoms with Crippen molar-refractivity contribution in [3.05, 3.63) is 30.9 Å². The van der Waals surface area contributed by atoms with E-state index in [-0.39, 0.29) is 6.04 Å². The van der Waals surface area contributed by atoms with E-state index in [1.165, 1.54) is 0 Å². The Morgan fingerprint density at radius 2 is 2.22 bits per heavy atom. The fraction of sp³-hybridized carbons (Fsp3) is 0.385. The predicted molar refractivity (Wildman–Crippen MR) is 71.1 cm³/mol. The molecule has 0 spiro atoms. The number of aromatic nitrogens is 3. The zero-order valence-electron chi connectivity index (χ0n) is 10.7. The molecule has 5 nitrogen and oxygen atoms in total. The smallest absolute Gasteiger partial charge is 0.123 e. The number of nitrogens with zero attached hydrogens (tertiary/aromatic N) is 3. The van der Waals surface area contributed by atoms with Crippen LogP contribution >= 0.6 is 0 Å². The maximum absolute atomic E-state index is 5.59. The molecular formula is C13H18N4O. The summed E-state index contributed by atoms with van der Waals surface area (Å²) in [6, 6.07) is 3.98. The second kappa shape index (κ2) is 5.64. The van der Waals surface area contributed by atoms with Crippen molar-refractivity contribution >= 4 is 5.82 Å². The molecule has 2 aromatic rings. The lowest BCUT2D eigenvalue weighted by atomic mass is 10.2. The fourth-order valence-electron chi connectivity index (χ4n) is 1.81. The summed E-state index contributed by atoms with van der Waals surface area (Å²) in [5.74, 6) is 0.521. The Morgan fingerprint density at radius 3 is 2.89 bits per heavy atom. The average molecular weight is 246 g/mol. The Morgan fingerprint density at radius 1 is 1.39 bits per heavy atom. The third kappa shape index (κ3) is 2.68. The highest BCUT2D eigenvalue weighted by molar-refractivity contribution is 5.59. The van der Waals surface area contributed by atoms with Crippen molar-refractivity contribution in [1.29, 1.82) is 0 Å². The zero-order chi connectivity index (χ0) is 13.0. The summed E-state index contributed by atoms with van der Waals surface area (Å²) < 4.78 is 7.53. The van der Waals surface area contributed by atoms with E-state index in [2.05, 4.69) is 21.5 Å². The molecule has 0 aliphatic carbocycles. The molecule has 2 heterocycles. The van der Waals surface area contributed by atoms with Crippen LogP contribution in [0.1, 0.15) is 19.9 Å². The molecule has 18 heavy (non-hydrogen) atoms. The van der Waals surface area contributed by atoms with E-state index >= 15 is 0 Å². The Kier molecular flexibility index (Phi) is 3.94. The van der Waals surface area contributed by atoms with Crippen LogP contribution in [-0.2, 0) is 4.74 Å². The van der Waals surface area contributed by atoms with Gasteiger partial charge in [0.1, 0.15) is 5.82 Å². The largest absolute Gasteiger partial charge is 0.384 e. The average Bonchev–Trinajstić information content (AvgIpc) is 2.86. The first-order valence-electron chi connectivity index (χ1n) is 6.03. The number of hydrogen-bond acceptors (Lipinski definition) is 4. The minimum absolute atomic E-state index is 0.236. The topological polar surface area (TPSA) is 66.0 Å². The maximum atomic E-state index is 5.59. The number of anilines is 1. The van der Waals surface area contributed by atoms with Crippen LogP contribution < -0.4 is 5.73 Å². The van der Waals surface area contributed by atoms with E-state index in [1.807, 2.05) is 25.5 Å². The molecule has 0 aromatic carbocycles. The van der Waals surface area contributed by atoms with Crippen molar-refractivity contribution in [2.75, 3.05) is 18.9 Å². The molecule has 0 aliphatic heterocycles. The van der Waals surface area contributed by atoms with Gasteiger partial charge in [0, 0.05) is 18.4 Å². The first-order valence-corrected chi connectivity index (χ1v) is 6.03. The molecular weight excluding hydrogens is 228 g/mol. The number of nitrogen functional groups attached to an aromatic ring is 1. The summed E-state index contributed by atoms with van der Waals surface area (Å²) in [6.45, 7) is 5.48. The van der Waals surface area contributed by atoms with Crippen molar-refractivity contribution < 1.29 is 4.74 Å². The molecule has 2 aromatic heterocycles. The molecule has 0 saturated heterocycles. The third-order valence-corrected chi connectivity index (χ3v) is 2.79. The number of pyridine rings is 1. The van der Waals surface area contributed by atoms with Crippen molar-refractivity contribution in [1.82, 2.24) is 14.5 Å². The van der Waals surface area contributed by atoms with Gasteiger partial charge in [-0.3, -0.25) is 0 Å². The van der Waals surface area contributed by atoms with Crippen LogP contribution in [0, 0.1) is 0 Å². The molecule has 1 unspecified atom stereocenters. The first-order chi connectivity index (χ1) is 8.72. The molecule has 0 bridgehead atoms. The number of rotatable bonds is 5. The molecule has 1 atom stereocenters. The molecule has 0 aliphatic rings. The van der Waals surface area contributed by atoms with Crippen molar-refractivity contribution in [3.63, 3.8) is 0 Å². The van der Waals surface area contributed by atoms with Crippen molar-refractivity contribution in [2.24, 2.45) is 0 Å². The lowest BCUT2D eigenvalue weighted by Crippen LogP contribution is -2.12. The van der Waals surface area contributed by atoms with Crippen LogP contribution in [-0.4, -0.2) is 27.7 Å². The van der Waals surface area contributed by atoms with Crippen LogP contribution in [0.25, 0.3) is 11.3 Å². The van der Waals surface area contributed by atoms with Gasteiger partial charge in [0.05, 0.1) is 30.9 Å². The van der Waals surface area contributed by atoms with Crippen LogP contribution in [0.15, 0.2) is 30.9 Å². The van der Waals surface area contributed by atoms with E-state index in [4.69, 9.17) is 10.5 Å². The van der Waals surface area contributed by atoms with Crippen molar-refractivity contribution in [2.45, 2.75) is 19.9 Å². The first kappa shape index (κ1) is 12.6. The molecule has 2 rings (SSSR count). The highest BCUT2D eigenvalue weighted by Crippen LogP contribution is 2.22. The lowest BCUT2D eigenvalue weighted by molar-refractivity contribution is 0.119.